The molecule has 3 aromatic rings. The van der Waals surface area contributed by atoms with Gasteiger partial charge < -0.3 is 14.2 Å². The van der Waals surface area contributed by atoms with Gasteiger partial charge in [0, 0.05) is 11.3 Å². The first-order valence-electron chi connectivity index (χ1n) is 8.01. The summed E-state index contributed by atoms with van der Waals surface area (Å²) in [4.78, 5) is 0. The van der Waals surface area contributed by atoms with Crippen LogP contribution in [0.2, 0.25) is 0 Å². The molecule has 0 aliphatic heterocycles. The molecule has 4 rings (SSSR count). The molecule has 3 heteroatoms. The van der Waals surface area contributed by atoms with E-state index >= 15 is 0 Å². The van der Waals surface area contributed by atoms with Crippen LogP contribution in [0.3, 0.4) is 0 Å². The fourth-order valence-corrected chi connectivity index (χ4v) is 2.98. The topological polar surface area (TPSA) is 38.3 Å². The van der Waals surface area contributed by atoms with Crippen molar-refractivity contribution in [1.29, 1.82) is 0 Å². The Bertz CT molecular complexity index is 752. The van der Waals surface area contributed by atoms with Crippen molar-refractivity contribution in [3.05, 3.63) is 59.7 Å². The van der Waals surface area contributed by atoms with Crippen LogP contribution in [0.25, 0.3) is 11.0 Å². The molecule has 0 saturated heterocycles. The van der Waals surface area contributed by atoms with E-state index < -0.39 is 0 Å². The molecule has 3 nitrogen and oxygen atoms in total. The average molecular weight is 295 g/mol. The zero-order chi connectivity index (χ0) is 15.1. The molecule has 0 bridgehead atoms. The van der Waals surface area contributed by atoms with Gasteiger partial charge in [-0.25, -0.2) is 0 Å². The van der Waals surface area contributed by atoms with Crippen LogP contribution in [-0.2, 0) is 6.54 Å². The molecule has 0 unspecified atom stereocenters. The average Bonchev–Trinajstić information content (AvgIpc) is 2.96. The summed E-state index contributed by atoms with van der Waals surface area (Å²) in [5.74, 6) is 4.52. The van der Waals surface area contributed by atoms with Crippen molar-refractivity contribution in [2.45, 2.75) is 38.8 Å². The van der Waals surface area contributed by atoms with E-state index in [-0.39, 0.29) is 6.04 Å². The Morgan fingerprint density at radius 1 is 1.18 bits per heavy atom. The molecule has 1 N–H and O–H groups in total. The summed E-state index contributed by atoms with van der Waals surface area (Å²) in [6, 6.07) is 14.6. The molecule has 114 valence electrons. The fourth-order valence-electron chi connectivity index (χ4n) is 2.98. The second-order valence-corrected chi connectivity index (χ2v) is 6.41. The monoisotopic (exact) mass is 295 g/mol. The van der Waals surface area contributed by atoms with E-state index in [4.69, 9.17) is 8.83 Å². The highest BCUT2D eigenvalue weighted by atomic mass is 16.3. The number of para-hydroxylation sites is 1. The van der Waals surface area contributed by atoms with Gasteiger partial charge in [-0.2, -0.15) is 0 Å². The fraction of sp³-hybridized carbons (Fsp3) is 0.368. The first kappa shape index (κ1) is 13.6. The summed E-state index contributed by atoms with van der Waals surface area (Å²) in [7, 11) is 0. The van der Waals surface area contributed by atoms with Gasteiger partial charge in [0.15, 0.2) is 0 Å². The smallest absolute Gasteiger partial charge is 0.134 e. The maximum Gasteiger partial charge on any atom is 0.134 e. The van der Waals surface area contributed by atoms with E-state index in [2.05, 4.69) is 43.4 Å². The molecule has 0 amide bonds. The Balaban J connectivity index is 1.41. The van der Waals surface area contributed by atoms with Crippen molar-refractivity contribution >= 4 is 11.0 Å². The minimum absolute atomic E-state index is 0.154. The molecule has 0 radical (unpaired) electrons. The third-order valence-corrected chi connectivity index (χ3v) is 4.61. The molecule has 2 aromatic heterocycles. The molecule has 1 saturated carbocycles. The molecule has 2 heterocycles. The van der Waals surface area contributed by atoms with Crippen LogP contribution >= 0.6 is 0 Å². The number of furan rings is 2. The number of hydrogen-bond acceptors (Lipinski definition) is 3. The highest BCUT2D eigenvalue weighted by molar-refractivity contribution is 5.77. The van der Waals surface area contributed by atoms with Crippen LogP contribution in [0.4, 0.5) is 0 Å². The van der Waals surface area contributed by atoms with E-state index in [9.17, 15) is 0 Å². The molecule has 1 aromatic carbocycles. The van der Waals surface area contributed by atoms with Gasteiger partial charge in [-0.15, -0.1) is 0 Å². The first-order chi connectivity index (χ1) is 10.7. The van der Waals surface area contributed by atoms with Crippen molar-refractivity contribution < 1.29 is 8.83 Å². The molecule has 1 aliphatic rings. The van der Waals surface area contributed by atoms with E-state index in [0.29, 0.717) is 5.92 Å². The molecular weight excluding hydrogens is 274 g/mol. The Labute approximate surface area is 130 Å². The van der Waals surface area contributed by atoms with E-state index in [1.165, 1.54) is 6.42 Å². The van der Waals surface area contributed by atoms with E-state index in [1.807, 2.05) is 18.2 Å². The Kier molecular flexibility index (Phi) is 3.30. The van der Waals surface area contributed by atoms with Crippen molar-refractivity contribution in [2.75, 3.05) is 0 Å². The number of fused-ring (bicyclic) bond motifs is 1. The predicted molar refractivity (Wildman–Crippen MR) is 86.7 cm³/mol. The van der Waals surface area contributed by atoms with Gasteiger partial charge >= 0.3 is 0 Å². The lowest BCUT2D eigenvalue weighted by Crippen LogP contribution is -2.17. The second kappa shape index (κ2) is 5.33. The maximum absolute atomic E-state index is 5.93. The lowest BCUT2D eigenvalue weighted by Gasteiger charge is -2.09. The zero-order valence-electron chi connectivity index (χ0n) is 13.0. The van der Waals surface area contributed by atoms with Gasteiger partial charge in [-0.3, -0.25) is 0 Å². The van der Waals surface area contributed by atoms with Crippen molar-refractivity contribution in [2.24, 2.45) is 5.92 Å². The quantitative estimate of drug-likeness (QED) is 0.720. The van der Waals surface area contributed by atoms with Crippen LogP contribution in [0.5, 0.6) is 0 Å². The molecule has 1 aliphatic carbocycles. The third-order valence-electron chi connectivity index (χ3n) is 4.61. The van der Waals surface area contributed by atoms with E-state index in [1.54, 1.807) is 0 Å². The third kappa shape index (κ3) is 2.57. The molecule has 3 atom stereocenters. The van der Waals surface area contributed by atoms with Gasteiger partial charge in [0.25, 0.3) is 0 Å². The van der Waals surface area contributed by atoms with Gasteiger partial charge in [-0.1, -0.05) is 25.1 Å². The molecular formula is C19H21NO2. The summed E-state index contributed by atoms with van der Waals surface area (Å²) in [5.41, 5.74) is 0.939. The molecule has 22 heavy (non-hydrogen) atoms. The Morgan fingerprint density at radius 2 is 2.00 bits per heavy atom. The van der Waals surface area contributed by atoms with Crippen LogP contribution in [0.15, 0.2) is 51.3 Å². The van der Waals surface area contributed by atoms with Crippen molar-refractivity contribution in [3.63, 3.8) is 0 Å². The van der Waals surface area contributed by atoms with Crippen LogP contribution in [0, 0.1) is 5.92 Å². The summed E-state index contributed by atoms with van der Waals surface area (Å²) < 4.78 is 11.8. The zero-order valence-corrected chi connectivity index (χ0v) is 13.0. The summed E-state index contributed by atoms with van der Waals surface area (Å²) in [5, 5.41) is 4.62. The highest BCUT2D eigenvalue weighted by Gasteiger charge is 2.36. The lowest BCUT2D eigenvalue weighted by molar-refractivity contribution is 0.405. The maximum atomic E-state index is 5.93. The largest absolute Gasteiger partial charge is 0.464 e. The number of benzene rings is 1. The second-order valence-electron chi connectivity index (χ2n) is 6.41. The predicted octanol–water partition coefficient (Wildman–Crippen LogP) is 5.00. The normalized spacial score (nSPS) is 22.1. The van der Waals surface area contributed by atoms with Crippen LogP contribution in [0.1, 0.15) is 49.5 Å². The van der Waals surface area contributed by atoms with Gasteiger partial charge in [0.05, 0.1) is 12.6 Å². The van der Waals surface area contributed by atoms with E-state index in [0.717, 1.165) is 40.7 Å². The van der Waals surface area contributed by atoms with Crippen LogP contribution < -0.4 is 5.32 Å². The SMILES string of the molecule is C[C@H](NCc1ccc([C@H]2C[C@H]2C)o1)c1cc2ccccc2o1. The Morgan fingerprint density at radius 3 is 2.77 bits per heavy atom. The highest BCUT2D eigenvalue weighted by Crippen LogP contribution is 2.47. The number of nitrogens with one attached hydrogen (secondary N) is 1. The summed E-state index contributed by atoms with van der Waals surface area (Å²) in [6.07, 6.45) is 1.26. The van der Waals surface area contributed by atoms with Crippen molar-refractivity contribution in [3.8, 4) is 0 Å². The first-order valence-corrected chi connectivity index (χ1v) is 8.01. The van der Waals surface area contributed by atoms with Gasteiger partial charge in [0.2, 0.25) is 0 Å². The number of hydrogen-bond donors (Lipinski definition) is 1. The minimum atomic E-state index is 0.154. The van der Waals surface area contributed by atoms with Crippen LogP contribution in [-0.4, -0.2) is 0 Å². The van der Waals surface area contributed by atoms with Gasteiger partial charge in [0.1, 0.15) is 22.9 Å². The number of rotatable bonds is 5. The Hall–Kier alpha value is -2.00. The standard InChI is InChI=1S/C19H21NO2/c1-12-9-16(12)18-8-7-15(21-18)11-20-13(2)19-10-14-5-3-4-6-17(14)22-19/h3-8,10,12-13,16,20H,9,11H2,1-2H3/t12-,13+,16+/m1/s1. The van der Waals surface area contributed by atoms with Gasteiger partial charge in [-0.05, 0) is 43.5 Å². The summed E-state index contributed by atoms with van der Waals surface area (Å²) >= 11 is 0. The van der Waals surface area contributed by atoms with Crippen molar-refractivity contribution in [1.82, 2.24) is 5.32 Å². The molecule has 0 spiro atoms. The minimum Gasteiger partial charge on any atom is -0.464 e. The lowest BCUT2D eigenvalue weighted by atomic mass is 10.2. The molecule has 1 fully saturated rings. The summed E-state index contributed by atoms with van der Waals surface area (Å²) in [6.45, 7) is 5.11.